The zero-order valence-corrected chi connectivity index (χ0v) is 19.7. The van der Waals surface area contributed by atoms with E-state index in [2.05, 4.69) is 39.2 Å². The molecule has 6 heteroatoms. The summed E-state index contributed by atoms with van der Waals surface area (Å²) in [6.07, 6.45) is 8.30. The van der Waals surface area contributed by atoms with Gasteiger partial charge < -0.3 is 10.2 Å². The van der Waals surface area contributed by atoms with Crippen LogP contribution in [-0.4, -0.2) is 52.3 Å². The summed E-state index contributed by atoms with van der Waals surface area (Å²) in [5.41, 5.74) is 4.97. The van der Waals surface area contributed by atoms with Crippen molar-refractivity contribution in [3.8, 4) is 0 Å². The summed E-state index contributed by atoms with van der Waals surface area (Å²) >= 11 is 0. The smallest absolute Gasteiger partial charge is 0.257 e. The molecule has 2 aliphatic carbocycles. The number of amides is 2. The second-order valence-electron chi connectivity index (χ2n) is 9.97. The lowest BCUT2D eigenvalue weighted by Gasteiger charge is -2.43. The van der Waals surface area contributed by atoms with Gasteiger partial charge in [-0.2, -0.15) is 0 Å². The van der Waals surface area contributed by atoms with Gasteiger partial charge in [-0.05, 0) is 74.9 Å². The van der Waals surface area contributed by atoms with Crippen LogP contribution in [0.2, 0.25) is 0 Å². The van der Waals surface area contributed by atoms with Crippen LogP contribution in [0.5, 0.6) is 0 Å². The van der Waals surface area contributed by atoms with Crippen LogP contribution < -0.4 is 5.32 Å². The van der Waals surface area contributed by atoms with Crippen LogP contribution in [-0.2, 0) is 11.2 Å². The Balaban J connectivity index is 1.26. The van der Waals surface area contributed by atoms with Gasteiger partial charge in [0.15, 0.2) is 0 Å². The molecule has 2 aromatic rings. The summed E-state index contributed by atoms with van der Waals surface area (Å²) in [7, 11) is 0. The van der Waals surface area contributed by atoms with Crippen LogP contribution >= 0.6 is 0 Å². The van der Waals surface area contributed by atoms with E-state index in [-0.39, 0.29) is 17.9 Å². The van der Waals surface area contributed by atoms with Crippen LogP contribution in [0.3, 0.4) is 0 Å². The molecule has 1 N–H and O–H groups in total. The number of nitrogens with one attached hydrogen (secondary N) is 1. The first-order chi connectivity index (χ1) is 16.0. The third-order valence-corrected chi connectivity index (χ3v) is 7.71. The molecule has 2 fully saturated rings. The van der Waals surface area contributed by atoms with E-state index in [1.54, 1.807) is 6.20 Å². The Bertz CT molecular complexity index is 1030. The highest BCUT2D eigenvalue weighted by atomic mass is 16.2. The van der Waals surface area contributed by atoms with Crippen molar-refractivity contribution < 1.29 is 9.59 Å². The lowest BCUT2D eigenvalue weighted by atomic mass is 10.0. The summed E-state index contributed by atoms with van der Waals surface area (Å²) in [6, 6.07) is 10.6. The maximum Gasteiger partial charge on any atom is 0.257 e. The highest BCUT2D eigenvalue weighted by Crippen LogP contribution is 2.38. The molecule has 33 heavy (non-hydrogen) atoms. The Morgan fingerprint density at radius 2 is 1.88 bits per heavy atom. The van der Waals surface area contributed by atoms with Crippen molar-refractivity contribution in [2.24, 2.45) is 5.92 Å². The van der Waals surface area contributed by atoms with Gasteiger partial charge in [-0.3, -0.25) is 19.5 Å². The Morgan fingerprint density at radius 3 is 2.61 bits per heavy atom. The molecular weight excluding hydrogens is 412 g/mol. The van der Waals surface area contributed by atoms with Crippen molar-refractivity contribution >= 4 is 17.5 Å². The molecule has 2 atom stereocenters. The first-order valence-electron chi connectivity index (χ1n) is 12.4. The molecule has 2 amide bonds. The molecule has 2 unspecified atom stereocenters. The molecule has 174 valence electrons. The average Bonchev–Trinajstić information content (AvgIpc) is 3.49. The molecular formula is C27H34N4O2. The molecule has 3 aliphatic rings. The molecule has 1 aromatic heterocycles. The quantitative estimate of drug-likeness (QED) is 0.758. The lowest BCUT2D eigenvalue weighted by Crippen LogP contribution is -2.55. The van der Waals surface area contributed by atoms with Gasteiger partial charge in [-0.15, -0.1) is 0 Å². The van der Waals surface area contributed by atoms with Crippen LogP contribution in [0.1, 0.15) is 72.2 Å². The minimum absolute atomic E-state index is 0.135. The van der Waals surface area contributed by atoms with E-state index in [1.807, 2.05) is 25.1 Å². The van der Waals surface area contributed by atoms with Gasteiger partial charge in [0.05, 0.1) is 5.56 Å². The predicted octanol–water partition coefficient (Wildman–Crippen LogP) is 4.35. The number of hydrogen-bond acceptors (Lipinski definition) is 4. The fourth-order valence-corrected chi connectivity index (χ4v) is 5.85. The first-order valence-corrected chi connectivity index (χ1v) is 12.4. The number of carbonyl (C=O) groups is 2. The van der Waals surface area contributed by atoms with Crippen molar-refractivity contribution in [2.75, 3.05) is 25.0 Å². The number of carbonyl (C=O) groups excluding carboxylic acids is 2. The molecule has 1 saturated carbocycles. The number of hydrogen-bond donors (Lipinski definition) is 1. The maximum atomic E-state index is 13.0. The number of pyridine rings is 1. The second kappa shape index (κ2) is 9.26. The highest BCUT2D eigenvalue weighted by molar-refractivity contribution is 6.04. The van der Waals surface area contributed by atoms with Gasteiger partial charge in [0, 0.05) is 55.2 Å². The van der Waals surface area contributed by atoms with E-state index in [0.717, 1.165) is 56.7 Å². The predicted molar refractivity (Wildman–Crippen MR) is 129 cm³/mol. The SMILES string of the molecule is Cc1ccc(C(=O)Nc2ccc3c(c2)C(N2CCN(C(=O)C4CCCC4)C(C)C2)CC3)cn1. The third-order valence-electron chi connectivity index (χ3n) is 7.71. The molecule has 0 radical (unpaired) electrons. The van der Waals surface area contributed by atoms with Gasteiger partial charge in [-0.1, -0.05) is 18.9 Å². The van der Waals surface area contributed by atoms with Crippen molar-refractivity contribution in [1.29, 1.82) is 0 Å². The van der Waals surface area contributed by atoms with E-state index in [9.17, 15) is 9.59 Å². The van der Waals surface area contributed by atoms with Gasteiger partial charge in [0.2, 0.25) is 5.91 Å². The lowest BCUT2D eigenvalue weighted by molar-refractivity contribution is -0.140. The molecule has 1 aromatic carbocycles. The van der Waals surface area contributed by atoms with Crippen LogP contribution in [0, 0.1) is 12.8 Å². The van der Waals surface area contributed by atoms with Gasteiger partial charge in [0.25, 0.3) is 5.91 Å². The number of aryl methyl sites for hydroxylation is 2. The average molecular weight is 447 g/mol. The molecule has 0 spiro atoms. The first kappa shape index (κ1) is 22.1. The zero-order chi connectivity index (χ0) is 22.9. The number of benzene rings is 1. The maximum absolute atomic E-state index is 13.0. The molecule has 1 saturated heterocycles. The van der Waals surface area contributed by atoms with E-state index < -0.39 is 0 Å². The Labute approximate surface area is 196 Å². The monoisotopic (exact) mass is 446 g/mol. The zero-order valence-electron chi connectivity index (χ0n) is 19.7. The van der Waals surface area contributed by atoms with Crippen LogP contribution in [0.25, 0.3) is 0 Å². The fourth-order valence-electron chi connectivity index (χ4n) is 5.85. The summed E-state index contributed by atoms with van der Waals surface area (Å²) in [4.78, 5) is 34.6. The number of aromatic nitrogens is 1. The van der Waals surface area contributed by atoms with Gasteiger partial charge >= 0.3 is 0 Å². The van der Waals surface area contributed by atoms with Crippen LogP contribution in [0.4, 0.5) is 5.69 Å². The molecule has 0 bridgehead atoms. The van der Waals surface area contributed by atoms with Crippen molar-refractivity contribution in [3.05, 3.63) is 58.9 Å². The number of rotatable bonds is 4. The Kier molecular flexibility index (Phi) is 6.19. The largest absolute Gasteiger partial charge is 0.337 e. The summed E-state index contributed by atoms with van der Waals surface area (Å²) in [5, 5.41) is 3.04. The van der Waals surface area contributed by atoms with E-state index in [0.29, 0.717) is 17.5 Å². The second-order valence-corrected chi connectivity index (χ2v) is 9.97. The standard InChI is InChI=1S/C27H34N4O2/c1-18-7-8-22(16-28-18)26(32)29-23-11-9-20-10-12-25(24(20)15-23)30-13-14-31(19(2)17-30)27(33)21-5-3-4-6-21/h7-9,11,15-16,19,21,25H,3-6,10,12-14,17H2,1-2H3,(H,29,32). The normalized spacial score (nSPS) is 23.5. The summed E-state index contributed by atoms with van der Waals surface area (Å²) in [6.45, 7) is 6.75. The number of fused-ring (bicyclic) bond motifs is 1. The molecule has 2 heterocycles. The minimum atomic E-state index is -0.135. The molecule has 6 nitrogen and oxygen atoms in total. The van der Waals surface area contributed by atoms with E-state index in [1.165, 1.54) is 24.0 Å². The van der Waals surface area contributed by atoms with Gasteiger partial charge in [0.1, 0.15) is 0 Å². The molecule has 5 rings (SSSR count). The van der Waals surface area contributed by atoms with Crippen molar-refractivity contribution in [3.63, 3.8) is 0 Å². The number of anilines is 1. The minimum Gasteiger partial charge on any atom is -0.337 e. The highest BCUT2D eigenvalue weighted by Gasteiger charge is 2.37. The van der Waals surface area contributed by atoms with E-state index in [4.69, 9.17) is 0 Å². The summed E-state index contributed by atoms with van der Waals surface area (Å²) < 4.78 is 0. The van der Waals surface area contributed by atoms with Crippen molar-refractivity contribution in [1.82, 2.24) is 14.8 Å². The third kappa shape index (κ3) is 4.54. The van der Waals surface area contributed by atoms with E-state index >= 15 is 0 Å². The summed E-state index contributed by atoms with van der Waals surface area (Å²) in [5.74, 6) is 0.493. The Morgan fingerprint density at radius 1 is 1.06 bits per heavy atom. The Hall–Kier alpha value is -2.73. The van der Waals surface area contributed by atoms with Crippen molar-refractivity contribution in [2.45, 2.75) is 64.5 Å². The van der Waals surface area contributed by atoms with Gasteiger partial charge in [-0.25, -0.2) is 0 Å². The number of nitrogens with zero attached hydrogens (tertiary/aromatic N) is 3. The topological polar surface area (TPSA) is 65.5 Å². The number of piperazine rings is 1. The fraction of sp³-hybridized carbons (Fsp3) is 0.519. The van der Waals surface area contributed by atoms with Crippen LogP contribution in [0.15, 0.2) is 36.5 Å². The molecule has 1 aliphatic heterocycles.